The standard InChI is InChI=1S/2C22H19O.Zr/c2*1-3-19-11-12-22(23-19)18-13-17-5-4-6-20(21(17)14-18)16-9-7-15(2)8-10-16;/h2*4-14H,3H2,1-2H3;. The molecule has 0 saturated carbocycles. The van der Waals surface area contributed by atoms with Gasteiger partial charge >= 0.3 is 291 Å². The zero-order chi connectivity index (χ0) is 32.1. The number of allylic oxidation sites excluding steroid dienone is 2. The number of rotatable bonds is 8. The SMILES string of the molecule is CCc1ccc(C2=Cc3c(-c4ccc(C)cc4)cccc3[CH]2[Zr][CH]2C(c3ccc(CC)o3)=Cc3c(-c4ccc(C)cc4)cccc32)o1. The summed E-state index contributed by atoms with van der Waals surface area (Å²) in [6.07, 6.45) is 6.67. The quantitative estimate of drug-likeness (QED) is 0.159. The molecule has 0 saturated heterocycles. The Bertz CT molecular complexity index is 2000. The van der Waals surface area contributed by atoms with E-state index in [1.165, 1.54) is 66.8 Å². The Kier molecular flexibility index (Phi) is 7.98. The van der Waals surface area contributed by atoms with Crippen LogP contribution in [-0.2, 0) is 36.1 Å². The van der Waals surface area contributed by atoms with Crippen molar-refractivity contribution in [2.45, 2.75) is 47.8 Å². The molecule has 2 heterocycles. The van der Waals surface area contributed by atoms with E-state index in [2.05, 4.69) is 149 Å². The van der Waals surface area contributed by atoms with Crippen molar-refractivity contribution in [3.05, 3.63) is 166 Å². The average Bonchev–Trinajstić information content (AvgIpc) is 3.91. The first-order chi connectivity index (χ1) is 23.0. The van der Waals surface area contributed by atoms with Crippen LogP contribution in [0.3, 0.4) is 0 Å². The third kappa shape index (κ3) is 5.49. The van der Waals surface area contributed by atoms with Crippen LogP contribution in [0.25, 0.3) is 45.6 Å². The summed E-state index contributed by atoms with van der Waals surface area (Å²) in [7, 11) is 0. The number of aryl methyl sites for hydroxylation is 4. The van der Waals surface area contributed by atoms with Crippen LogP contribution in [0.5, 0.6) is 0 Å². The summed E-state index contributed by atoms with van der Waals surface area (Å²) in [4.78, 5) is 0. The fourth-order valence-corrected chi connectivity index (χ4v) is 12.1. The van der Waals surface area contributed by atoms with Crippen molar-refractivity contribution >= 4 is 23.3 Å². The van der Waals surface area contributed by atoms with Gasteiger partial charge in [-0.1, -0.05) is 0 Å². The van der Waals surface area contributed by atoms with Crippen molar-refractivity contribution in [2.24, 2.45) is 0 Å². The molecule has 230 valence electrons. The Morgan fingerprint density at radius 1 is 0.511 bits per heavy atom. The first-order valence-electron chi connectivity index (χ1n) is 16.8. The van der Waals surface area contributed by atoms with Gasteiger partial charge in [0.25, 0.3) is 0 Å². The molecule has 2 aliphatic carbocycles. The fraction of sp³-hybridized carbons (Fsp3) is 0.182. The van der Waals surface area contributed by atoms with Crippen molar-refractivity contribution in [2.75, 3.05) is 0 Å². The van der Waals surface area contributed by atoms with Crippen LogP contribution in [0.1, 0.15) is 77.5 Å². The van der Waals surface area contributed by atoms with Gasteiger partial charge in [0.05, 0.1) is 0 Å². The first-order valence-corrected chi connectivity index (χ1v) is 19.6. The van der Waals surface area contributed by atoms with Gasteiger partial charge in [0.1, 0.15) is 0 Å². The molecule has 2 nitrogen and oxygen atoms in total. The van der Waals surface area contributed by atoms with Gasteiger partial charge in [-0.3, -0.25) is 0 Å². The van der Waals surface area contributed by atoms with E-state index < -0.39 is 23.2 Å². The summed E-state index contributed by atoms with van der Waals surface area (Å²) in [5.41, 5.74) is 15.9. The molecule has 0 fully saturated rings. The summed E-state index contributed by atoms with van der Waals surface area (Å²) >= 11 is -1.29. The molecule has 2 atom stereocenters. The predicted molar refractivity (Wildman–Crippen MR) is 191 cm³/mol. The predicted octanol–water partition coefficient (Wildman–Crippen LogP) is 11.9. The van der Waals surface area contributed by atoms with Gasteiger partial charge in [0.2, 0.25) is 0 Å². The molecule has 0 aliphatic heterocycles. The molecule has 0 N–H and O–H groups in total. The number of hydrogen-bond donors (Lipinski definition) is 0. The second-order valence-corrected chi connectivity index (χ2v) is 16.5. The molecular weight excluding hydrogens is 652 g/mol. The van der Waals surface area contributed by atoms with Gasteiger partial charge < -0.3 is 0 Å². The van der Waals surface area contributed by atoms with Crippen LogP contribution in [0, 0.1) is 13.8 Å². The van der Waals surface area contributed by atoms with E-state index in [1.54, 1.807) is 0 Å². The zero-order valence-electron chi connectivity index (χ0n) is 27.4. The molecule has 0 radical (unpaired) electrons. The van der Waals surface area contributed by atoms with Crippen LogP contribution in [-0.4, -0.2) is 0 Å². The maximum absolute atomic E-state index is 6.52. The molecule has 6 aromatic rings. The van der Waals surface area contributed by atoms with Crippen molar-refractivity contribution in [1.82, 2.24) is 0 Å². The Morgan fingerprint density at radius 2 is 0.936 bits per heavy atom. The molecule has 2 aromatic heterocycles. The van der Waals surface area contributed by atoms with Gasteiger partial charge in [0, 0.05) is 0 Å². The van der Waals surface area contributed by atoms with Crippen molar-refractivity contribution in [3.63, 3.8) is 0 Å². The summed E-state index contributed by atoms with van der Waals surface area (Å²) < 4.78 is 13.7. The van der Waals surface area contributed by atoms with E-state index in [9.17, 15) is 0 Å². The van der Waals surface area contributed by atoms with Gasteiger partial charge in [-0.15, -0.1) is 0 Å². The van der Waals surface area contributed by atoms with E-state index in [-0.39, 0.29) is 0 Å². The van der Waals surface area contributed by atoms with Crippen LogP contribution in [0.2, 0.25) is 0 Å². The van der Waals surface area contributed by atoms with E-state index in [0.29, 0.717) is 7.25 Å². The monoisotopic (exact) mass is 688 g/mol. The molecule has 47 heavy (non-hydrogen) atoms. The van der Waals surface area contributed by atoms with Crippen LogP contribution in [0.4, 0.5) is 0 Å². The molecular formula is C44H38O2Zr. The number of benzene rings is 4. The number of hydrogen-bond acceptors (Lipinski definition) is 2. The second-order valence-electron chi connectivity index (χ2n) is 12.8. The van der Waals surface area contributed by atoms with Gasteiger partial charge in [-0.05, 0) is 0 Å². The molecule has 0 spiro atoms. The Hall–Kier alpha value is -4.20. The topological polar surface area (TPSA) is 26.3 Å². The number of fused-ring (bicyclic) bond motifs is 2. The summed E-state index contributed by atoms with van der Waals surface area (Å²) in [6, 6.07) is 40.4. The van der Waals surface area contributed by atoms with Crippen molar-refractivity contribution in [3.8, 4) is 22.3 Å². The Balaban J connectivity index is 1.28. The van der Waals surface area contributed by atoms with E-state index in [0.717, 1.165) is 35.9 Å². The molecule has 0 bridgehead atoms. The van der Waals surface area contributed by atoms with E-state index in [1.807, 2.05) is 0 Å². The normalized spacial score (nSPS) is 16.5. The second kappa shape index (κ2) is 12.4. The van der Waals surface area contributed by atoms with Crippen molar-refractivity contribution in [1.29, 1.82) is 0 Å². The van der Waals surface area contributed by atoms with Crippen LogP contribution in [0.15, 0.2) is 118 Å². The first kappa shape index (κ1) is 30.2. The van der Waals surface area contributed by atoms with Crippen molar-refractivity contribution < 1.29 is 32.1 Å². The fourth-order valence-electron chi connectivity index (χ4n) is 7.17. The summed E-state index contributed by atoms with van der Waals surface area (Å²) in [6.45, 7) is 8.63. The van der Waals surface area contributed by atoms with Crippen LogP contribution >= 0.6 is 0 Å². The maximum atomic E-state index is 6.52. The molecule has 2 unspecified atom stereocenters. The van der Waals surface area contributed by atoms with Gasteiger partial charge in [-0.25, -0.2) is 0 Å². The van der Waals surface area contributed by atoms with Gasteiger partial charge in [-0.2, -0.15) is 0 Å². The molecule has 3 heteroatoms. The third-order valence-corrected chi connectivity index (χ3v) is 14.5. The number of furan rings is 2. The average molecular weight is 690 g/mol. The van der Waals surface area contributed by atoms with Gasteiger partial charge in [0.15, 0.2) is 0 Å². The minimum absolute atomic E-state index is 0.331. The molecule has 2 aliphatic rings. The summed E-state index contributed by atoms with van der Waals surface area (Å²) in [5.74, 6) is 4.11. The zero-order valence-corrected chi connectivity index (χ0v) is 29.9. The molecule has 0 amide bonds. The Morgan fingerprint density at radius 3 is 1.32 bits per heavy atom. The third-order valence-electron chi connectivity index (χ3n) is 9.77. The van der Waals surface area contributed by atoms with E-state index in [4.69, 9.17) is 8.83 Å². The van der Waals surface area contributed by atoms with Crippen LogP contribution < -0.4 is 0 Å². The molecule has 4 aromatic carbocycles. The summed E-state index contributed by atoms with van der Waals surface area (Å²) in [5, 5.41) is 0. The molecule has 8 rings (SSSR count). The minimum atomic E-state index is -1.29. The van der Waals surface area contributed by atoms with E-state index >= 15 is 0 Å². The Labute approximate surface area is 289 Å².